The Morgan fingerprint density at radius 2 is 1.70 bits per heavy atom. The molecule has 0 aliphatic heterocycles. The maximum atomic E-state index is 15.0. The van der Waals surface area contributed by atoms with E-state index in [-0.39, 0.29) is 17.9 Å². The van der Waals surface area contributed by atoms with Crippen LogP contribution in [0.15, 0.2) is 66.9 Å². The Morgan fingerprint density at radius 1 is 0.907 bits per heavy atom. The fraction of sp³-hybridized carbons (Fsp3) is 0.303. The number of amides is 3. The lowest BCUT2D eigenvalue weighted by Crippen LogP contribution is -2.35. The van der Waals surface area contributed by atoms with Gasteiger partial charge in [0.2, 0.25) is 5.91 Å². The Bertz CT molecular complexity index is 1590. The van der Waals surface area contributed by atoms with Gasteiger partial charge >= 0.3 is 6.03 Å². The van der Waals surface area contributed by atoms with E-state index < -0.39 is 23.6 Å². The normalized spacial score (nSPS) is 13.4. The Hall–Kier alpha value is -4.73. The molecule has 3 aromatic carbocycles. The molecule has 0 bridgehead atoms. The summed E-state index contributed by atoms with van der Waals surface area (Å²) < 4.78 is 45.6. The first-order chi connectivity index (χ1) is 20.9. The summed E-state index contributed by atoms with van der Waals surface area (Å²) in [5.74, 6) is 0.350. The van der Waals surface area contributed by atoms with E-state index in [1.165, 1.54) is 68.5 Å². The molecule has 224 valence electrons. The number of ether oxygens (including phenoxy) is 3. The van der Waals surface area contributed by atoms with E-state index in [1.807, 2.05) is 0 Å². The number of halogens is 2. The van der Waals surface area contributed by atoms with Crippen LogP contribution >= 0.6 is 0 Å². The highest BCUT2D eigenvalue weighted by Gasteiger charge is 2.17. The monoisotopic (exact) mass is 589 g/mol. The molecule has 0 unspecified atom stereocenters. The van der Waals surface area contributed by atoms with Gasteiger partial charge < -0.3 is 19.5 Å². The highest BCUT2D eigenvalue weighted by molar-refractivity contribution is 6.01. The SMILES string of the molecule is COc1cc2c(Oc3ccc(NC(=O)NC(=O)Cc4ccc(F)cc4)cc3F)ccnc2cc1OCCC1CCCCC1. The quantitative estimate of drug-likeness (QED) is 0.198. The van der Waals surface area contributed by atoms with Gasteiger partial charge in [-0.3, -0.25) is 15.1 Å². The molecular formula is C33H33F2N3O5. The molecule has 1 aromatic heterocycles. The van der Waals surface area contributed by atoms with Crippen LogP contribution in [0.2, 0.25) is 0 Å². The summed E-state index contributed by atoms with van der Waals surface area (Å²) in [5.41, 5.74) is 1.26. The van der Waals surface area contributed by atoms with Crippen molar-refractivity contribution in [3.8, 4) is 23.0 Å². The van der Waals surface area contributed by atoms with E-state index in [0.29, 0.717) is 46.2 Å². The maximum absolute atomic E-state index is 15.0. The van der Waals surface area contributed by atoms with Crippen LogP contribution in [0.5, 0.6) is 23.0 Å². The molecule has 0 radical (unpaired) electrons. The van der Waals surface area contributed by atoms with Crippen LogP contribution in [0.3, 0.4) is 0 Å². The van der Waals surface area contributed by atoms with Crippen LogP contribution in [0, 0.1) is 17.6 Å². The molecule has 3 amide bonds. The van der Waals surface area contributed by atoms with Gasteiger partial charge in [-0.1, -0.05) is 44.2 Å². The molecular weight excluding hydrogens is 556 g/mol. The molecule has 43 heavy (non-hydrogen) atoms. The molecule has 1 heterocycles. The predicted molar refractivity (Wildman–Crippen MR) is 159 cm³/mol. The van der Waals surface area contributed by atoms with Gasteiger partial charge in [0.05, 0.1) is 25.7 Å². The third kappa shape index (κ3) is 7.97. The number of methoxy groups -OCH3 is 1. The Kier molecular flexibility index (Phi) is 9.66. The fourth-order valence-electron chi connectivity index (χ4n) is 5.20. The fourth-order valence-corrected chi connectivity index (χ4v) is 5.20. The summed E-state index contributed by atoms with van der Waals surface area (Å²) in [7, 11) is 1.56. The van der Waals surface area contributed by atoms with Crippen molar-refractivity contribution in [2.24, 2.45) is 5.92 Å². The number of rotatable bonds is 10. The van der Waals surface area contributed by atoms with Crippen molar-refractivity contribution in [2.75, 3.05) is 19.0 Å². The van der Waals surface area contributed by atoms with Crippen molar-refractivity contribution in [2.45, 2.75) is 44.9 Å². The van der Waals surface area contributed by atoms with Gasteiger partial charge in [-0.2, -0.15) is 0 Å². The Morgan fingerprint density at radius 3 is 2.44 bits per heavy atom. The second-order valence-electron chi connectivity index (χ2n) is 10.5. The van der Waals surface area contributed by atoms with Crippen LogP contribution < -0.4 is 24.8 Å². The molecule has 0 spiro atoms. The lowest BCUT2D eigenvalue weighted by Gasteiger charge is -2.21. The minimum Gasteiger partial charge on any atom is -0.493 e. The number of aromatic nitrogens is 1. The topological polar surface area (TPSA) is 98.8 Å². The van der Waals surface area contributed by atoms with E-state index in [2.05, 4.69) is 15.6 Å². The number of hydrogen-bond acceptors (Lipinski definition) is 6. The van der Waals surface area contributed by atoms with Gasteiger partial charge in [0, 0.05) is 29.4 Å². The molecule has 8 nitrogen and oxygen atoms in total. The van der Waals surface area contributed by atoms with Crippen LogP contribution in [0.25, 0.3) is 10.9 Å². The van der Waals surface area contributed by atoms with E-state index in [0.717, 1.165) is 12.5 Å². The average molecular weight is 590 g/mol. The van der Waals surface area contributed by atoms with Crippen molar-refractivity contribution >= 4 is 28.5 Å². The number of urea groups is 1. The van der Waals surface area contributed by atoms with Gasteiger partial charge in [0.15, 0.2) is 23.1 Å². The standard InChI is InChI=1S/C33H33F2N3O5/c1-41-30-19-25-27(20-31(30)42-16-14-21-5-3-2-4-6-21)36-15-13-28(25)43-29-12-11-24(18-26(29)35)37-33(40)38-32(39)17-22-7-9-23(34)10-8-22/h7-13,15,18-21H,2-6,14,16-17H2,1H3,(H2,37,38,39,40). The zero-order chi connectivity index (χ0) is 30.2. The molecule has 5 rings (SSSR count). The van der Waals surface area contributed by atoms with Crippen molar-refractivity contribution < 1.29 is 32.6 Å². The minimum absolute atomic E-state index is 0.0716. The number of imide groups is 1. The highest BCUT2D eigenvalue weighted by Crippen LogP contribution is 2.38. The van der Waals surface area contributed by atoms with Gasteiger partial charge in [-0.05, 0) is 54.3 Å². The second-order valence-corrected chi connectivity index (χ2v) is 10.5. The smallest absolute Gasteiger partial charge is 0.325 e. The van der Waals surface area contributed by atoms with Crippen LogP contribution in [-0.4, -0.2) is 30.6 Å². The third-order valence-corrected chi connectivity index (χ3v) is 7.44. The lowest BCUT2D eigenvalue weighted by atomic mass is 9.87. The third-order valence-electron chi connectivity index (χ3n) is 7.44. The van der Waals surface area contributed by atoms with Crippen molar-refractivity contribution in [3.63, 3.8) is 0 Å². The van der Waals surface area contributed by atoms with Crippen LogP contribution in [0.1, 0.15) is 44.1 Å². The first kappa shape index (κ1) is 29.8. The lowest BCUT2D eigenvalue weighted by molar-refractivity contribution is -0.119. The van der Waals surface area contributed by atoms with Crippen molar-refractivity contribution in [1.29, 1.82) is 0 Å². The zero-order valence-electron chi connectivity index (χ0n) is 23.8. The molecule has 0 saturated heterocycles. The van der Waals surface area contributed by atoms with E-state index in [1.54, 1.807) is 31.5 Å². The maximum Gasteiger partial charge on any atom is 0.325 e. The Labute approximate surface area is 248 Å². The summed E-state index contributed by atoms with van der Waals surface area (Å²) in [6.45, 7) is 0.592. The number of nitrogens with zero attached hydrogens (tertiary/aromatic N) is 1. The molecule has 10 heteroatoms. The Balaban J connectivity index is 1.22. The molecule has 1 aliphatic rings. The zero-order valence-corrected chi connectivity index (χ0v) is 23.8. The molecule has 0 atom stereocenters. The summed E-state index contributed by atoms with van der Waals surface area (Å²) >= 11 is 0. The largest absolute Gasteiger partial charge is 0.493 e. The number of hydrogen-bond donors (Lipinski definition) is 2. The van der Waals surface area contributed by atoms with E-state index in [4.69, 9.17) is 14.2 Å². The van der Waals surface area contributed by atoms with Gasteiger partial charge in [0.25, 0.3) is 0 Å². The number of anilines is 1. The van der Waals surface area contributed by atoms with Crippen LogP contribution in [0.4, 0.5) is 19.3 Å². The number of carbonyl (C=O) groups is 2. The molecule has 4 aromatic rings. The van der Waals surface area contributed by atoms with Crippen molar-refractivity contribution in [1.82, 2.24) is 10.3 Å². The summed E-state index contributed by atoms with van der Waals surface area (Å²) in [5, 5.41) is 5.20. The first-order valence-corrected chi connectivity index (χ1v) is 14.3. The molecule has 1 fully saturated rings. The van der Waals surface area contributed by atoms with Gasteiger partial charge in [0.1, 0.15) is 11.6 Å². The molecule has 2 N–H and O–H groups in total. The average Bonchev–Trinajstić information content (AvgIpc) is 3.00. The molecule has 1 aliphatic carbocycles. The first-order valence-electron chi connectivity index (χ1n) is 14.3. The predicted octanol–water partition coefficient (Wildman–Crippen LogP) is 7.55. The molecule has 1 saturated carbocycles. The number of nitrogens with one attached hydrogen (secondary N) is 2. The van der Waals surface area contributed by atoms with Crippen molar-refractivity contribution in [3.05, 3.63) is 84.1 Å². The minimum atomic E-state index is -0.829. The number of fused-ring (bicyclic) bond motifs is 1. The number of carbonyl (C=O) groups excluding carboxylic acids is 2. The van der Waals surface area contributed by atoms with Gasteiger partial charge in [-0.15, -0.1) is 0 Å². The van der Waals surface area contributed by atoms with E-state index >= 15 is 4.39 Å². The summed E-state index contributed by atoms with van der Waals surface area (Å²) in [6, 6.07) is 13.6. The number of benzene rings is 3. The summed E-state index contributed by atoms with van der Waals surface area (Å²) in [4.78, 5) is 28.8. The highest BCUT2D eigenvalue weighted by atomic mass is 19.1. The van der Waals surface area contributed by atoms with Crippen LogP contribution in [-0.2, 0) is 11.2 Å². The summed E-state index contributed by atoms with van der Waals surface area (Å²) in [6.07, 6.45) is 8.83. The second kappa shape index (κ2) is 14.0. The number of pyridine rings is 1. The van der Waals surface area contributed by atoms with Gasteiger partial charge in [-0.25, -0.2) is 13.6 Å². The van der Waals surface area contributed by atoms with E-state index in [9.17, 15) is 14.0 Å².